The molecule has 3 rings (SSSR count). The van der Waals surface area contributed by atoms with Crippen molar-refractivity contribution < 1.29 is 9.90 Å². The van der Waals surface area contributed by atoms with E-state index >= 15 is 0 Å². The highest BCUT2D eigenvalue weighted by molar-refractivity contribution is 5.81. The maximum absolute atomic E-state index is 11.7. The monoisotopic (exact) mass is 245 g/mol. The average Bonchev–Trinajstić information content (AvgIpc) is 3.10. The summed E-state index contributed by atoms with van der Waals surface area (Å²) in [5, 5.41) is 13.0. The minimum Gasteiger partial charge on any atom is -0.480 e. The fourth-order valence-electron chi connectivity index (χ4n) is 3.08. The van der Waals surface area contributed by atoms with Crippen molar-refractivity contribution in [3.8, 4) is 0 Å². The van der Waals surface area contributed by atoms with E-state index in [9.17, 15) is 9.90 Å². The maximum atomic E-state index is 11.7. The van der Waals surface area contributed by atoms with Crippen LogP contribution in [0.3, 0.4) is 0 Å². The Morgan fingerprint density at radius 1 is 1.33 bits per heavy atom. The van der Waals surface area contributed by atoms with Crippen molar-refractivity contribution in [3.63, 3.8) is 0 Å². The number of aliphatic carboxylic acids is 1. The topological polar surface area (TPSA) is 49.3 Å². The van der Waals surface area contributed by atoms with Gasteiger partial charge in [0.15, 0.2) is 0 Å². The van der Waals surface area contributed by atoms with Crippen LogP contribution in [-0.2, 0) is 17.6 Å². The second-order valence-corrected chi connectivity index (χ2v) is 5.78. The average molecular weight is 245 g/mol. The van der Waals surface area contributed by atoms with E-state index in [1.165, 1.54) is 24.0 Å². The molecule has 3 heteroatoms. The van der Waals surface area contributed by atoms with Gasteiger partial charge in [-0.1, -0.05) is 24.3 Å². The largest absolute Gasteiger partial charge is 0.480 e. The van der Waals surface area contributed by atoms with Gasteiger partial charge in [-0.15, -0.1) is 0 Å². The normalized spacial score (nSPS) is 22.5. The van der Waals surface area contributed by atoms with E-state index in [1.807, 2.05) is 24.3 Å². The first kappa shape index (κ1) is 11.7. The predicted octanol–water partition coefficient (Wildman–Crippen LogP) is 2.00. The minimum atomic E-state index is -0.786. The van der Waals surface area contributed by atoms with Crippen LogP contribution in [0.4, 0.5) is 0 Å². The van der Waals surface area contributed by atoms with Crippen LogP contribution < -0.4 is 5.32 Å². The molecule has 0 spiro atoms. The van der Waals surface area contributed by atoms with Crippen molar-refractivity contribution in [1.82, 2.24) is 5.32 Å². The lowest BCUT2D eigenvalue weighted by molar-refractivity contribution is -0.145. The highest BCUT2D eigenvalue weighted by Gasteiger charge is 2.46. The van der Waals surface area contributed by atoms with Crippen LogP contribution in [0.1, 0.15) is 30.9 Å². The smallest absolute Gasteiger partial charge is 0.324 e. The molecule has 0 amide bonds. The SMILES string of the molecule is CC(NC1(C(=O)O)Cc2ccccc2C1)C1CC1. The van der Waals surface area contributed by atoms with Crippen molar-refractivity contribution >= 4 is 5.97 Å². The van der Waals surface area contributed by atoms with Gasteiger partial charge in [0.05, 0.1) is 0 Å². The quantitative estimate of drug-likeness (QED) is 0.853. The van der Waals surface area contributed by atoms with Gasteiger partial charge in [-0.05, 0) is 36.8 Å². The second-order valence-electron chi connectivity index (χ2n) is 5.78. The fourth-order valence-corrected chi connectivity index (χ4v) is 3.08. The Labute approximate surface area is 107 Å². The summed E-state index contributed by atoms with van der Waals surface area (Å²) >= 11 is 0. The number of hydrogen-bond acceptors (Lipinski definition) is 2. The first-order valence-corrected chi connectivity index (χ1v) is 6.69. The molecule has 1 unspecified atom stereocenters. The zero-order chi connectivity index (χ0) is 12.8. The predicted molar refractivity (Wildman–Crippen MR) is 69.5 cm³/mol. The van der Waals surface area contributed by atoms with E-state index in [1.54, 1.807) is 0 Å². The molecule has 1 aromatic carbocycles. The van der Waals surface area contributed by atoms with Gasteiger partial charge in [-0.2, -0.15) is 0 Å². The number of hydrogen-bond donors (Lipinski definition) is 2. The molecule has 0 saturated heterocycles. The highest BCUT2D eigenvalue weighted by atomic mass is 16.4. The lowest BCUT2D eigenvalue weighted by Gasteiger charge is -2.29. The Morgan fingerprint density at radius 2 is 1.89 bits per heavy atom. The number of fused-ring (bicyclic) bond motifs is 1. The summed E-state index contributed by atoms with van der Waals surface area (Å²) in [7, 11) is 0. The number of carbonyl (C=O) groups is 1. The fraction of sp³-hybridized carbons (Fsp3) is 0.533. The molecule has 96 valence electrons. The van der Waals surface area contributed by atoms with Crippen LogP contribution in [0.25, 0.3) is 0 Å². The lowest BCUT2D eigenvalue weighted by atomic mass is 9.94. The van der Waals surface area contributed by atoms with E-state index in [-0.39, 0.29) is 0 Å². The van der Waals surface area contributed by atoms with Crippen LogP contribution in [-0.4, -0.2) is 22.7 Å². The Hall–Kier alpha value is -1.35. The standard InChI is InChI=1S/C15H19NO2/c1-10(11-6-7-11)16-15(14(17)18)8-12-4-2-3-5-13(12)9-15/h2-5,10-11,16H,6-9H2,1H3,(H,17,18). The third-order valence-corrected chi connectivity index (χ3v) is 4.35. The molecule has 2 aliphatic carbocycles. The number of nitrogens with one attached hydrogen (secondary N) is 1. The molecule has 0 radical (unpaired) electrons. The minimum absolute atomic E-state index is 0.301. The molecule has 0 aliphatic heterocycles. The van der Waals surface area contributed by atoms with E-state index in [2.05, 4.69) is 12.2 Å². The number of carboxylic acid groups (broad SMARTS) is 1. The van der Waals surface area contributed by atoms with Gasteiger partial charge in [-0.25, -0.2) is 0 Å². The second kappa shape index (κ2) is 4.09. The molecule has 0 heterocycles. The van der Waals surface area contributed by atoms with Crippen LogP contribution in [0.5, 0.6) is 0 Å². The van der Waals surface area contributed by atoms with Crippen molar-refractivity contribution in [2.45, 2.75) is 44.2 Å². The van der Waals surface area contributed by atoms with Gasteiger partial charge >= 0.3 is 5.97 Å². The van der Waals surface area contributed by atoms with Crippen molar-refractivity contribution in [2.75, 3.05) is 0 Å². The van der Waals surface area contributed by atoms with E-state index in [4.69, 9.17) is 0 Å². The molecule has 1 fully saturated rings. The van der Waals surface area contributed by atoms with E-state index in [0.717, 1.165) is 0 Å². The molecular weight excluding hydrogens is 226 g/mol. The summed E-state index contributed by atoms with van der Waals surface area (Å²) in [5.41, 5.74) is 1.57. The van der Waals surface area contributed by atoms with Gasteiger partial charge in [0.1, 0.15) is 5.54 Å². The van der Waals surface area contributed by atoms with Crippen molar-refractivity contribution in [3.05, 3.63) is 35.4 Å². The molecule has 1 aromatic rings. The molecule has 1 atom stereocenters. The molecule has 1 saturated carbocycles. The van der Waals surface area contributed by atoms with Gasteiger partial charge in [0, 0.05) is 18.9 Å². The van der Waals surface area contributed by atoms with Crippen molar-refractivity contribution in [1.29, 1.82) is 0 Å². The van der Waals surface area contributed by atoms with Crippen LogP contribution >= 0.6 is 0 Å². The highest BCUT2D eigenvalue weighted by Crippen LogP contribution is 2.36. The van der Waals surface area contributed by atoms with Crippen LogP contribution in [0.15, 0.2) is 24.3 Å². The molecule has 2 aliphatic rings. The Kier molecular flexibility index (Phi) is 2.67. The first-order valence-electron chi connectivity index (χ1n) is 6.69. The summed E-state index contributed by atoms with van der Waals surface area (Å²) < 4.78 is 0. The van der Waals surface area contributed by atoms with Crippen molar-refractivity contribution in [2.24, 2.45) is 5.92 Å². The summed E-state index contributed by atoms with van der Waals surface area (Å²) in [6.07, 6.45) is 3.68. The van der Waals surface area contributed by atoms with Crippen LogP contribution in [0.2, 0.25) is 0 Å². The van der Waals surface area contributed by atoms with Gasteiger partial charge in [0.25, 0.3) is 0 Å². The van der Waals surface area contributed by atoms with Gasteiger partial charge in [0.2, 0.25) is 0 Å². The molecule has 0 aromatic heterocycles. The zero-order valence-corrected chi connectivity index (χ0v) is 10.6. The summed E-state index contributed by atoms with van der Waals surface area (Å²) in [4.78, 5) is 11.7. The Morgan fingerprint density at radius 3 is 2.33 bits per heavy atom. The van der Waals surface area contributed by atoms with E-state index in [0.29, 0.717) is 24.8 Å². The third kappa shape index (κ3) is 1.93. The molecular formula is C15H19NO2. The number of rotatable bonds is 4. The first-order chi connectivity index (χ1) is 8.61. The summed E-state index contributed by atoms with van der Waals surface area (Å²) in [5.74, 6) is -0.0452. The van der Waals surface area contributed by atoms with Gasteiger partial charge in [-0.3, -0.25) is 10.1 Å². The molecule has 18 heavy (non-hydrogen) atoms. The van der Waals surface area contributed by atoms with Crippen LogP contribution in [0, 0.1) is 5.92 Å². The Balaban J connectivity index is 1.84. The third-order valence-electron chi connectivity index (χ3n) is 4.35. The molecule has 3 nitrogen and oxygen atoms in total. The zero-order valence-electron chi connectivity index (χ0n) is 10.6. The molecule has 0 bridgehead atoms. The Bertz CT molecular complexity index is 454. The maximum Gasteiger partial charge on any atom is 0.324 e. The van der Waals surface area contributed by atoms with Gasteiger partial charge < -0.3 is 5.11 Å². The summed E-state index contributed by atoms with van der Waals surface area (Å²) in [6.45, 7) is 2.12. The summed E-state index contributed by atoms with van der Waals surface area (Å²) in [6, 6.07) is 8.37. The number of carboxylic acids is 1. The van der Waals surface area contributed by atoms with E-state index < -0.39 is 11.5 Å². The molecule has 2 N–H and O–H groups in total. The number of benzene rings is 1. The lowest BCUT2D eigenvalue weighted by Crippen LogP contribution is -2.56.